The zero-order chi connectivity index (χ0) is 11.2. The van der Waals surface area contributed by atoms with Crippen LogP contribution in [0.1, 0.15) is 44.1 Å². The van der Waals surface area contributed by atoms with E-state index >= 15 is 0 Å². The summed E-state index contributed by atoms with van der Waals surface area (Å²) in [7, 11) is 0. The molecule has 1 aromatic rings. The lowest BCUT2D eigenvalue weighted by atomic mass is 9.95. The Morgan fingerprint density at radius 2 is 1.75 bits per heavy atom. The third-order valence-electron chi connectivity index (χ3n) is 3.69. The Hall–Kier alpha value is -0.820. The Bertz CT molecular complexity index is 288. The fourth-order valence-electron chi connectivity index (χ4n) is 2.65. The van der Waals surface area contributed by atoms with E-state index in [1.807, 2.05) is 0 Å². The molecule has 0 N–H and O–H groups in total. The number of nitrogens with zero attached hydrogens (tertiary/aromatic N) is 1. The van der Waals surface area contributed by atoms with Crippen molar-refractivity contribution in [3.05, 3.63) is 35.9 Å². The van der Waals surface area contributed by atoms with Crippen LogP contribution < -0.4 is 0 Å². The molecule has 1 heterocycles. The quantitative estimate of drug-likeness (QED) is 0.744. The van der Waals surface area contributed by atoms with Crippen molar-refractivity contribution in [1.82, 2.24) is 4.90 Å². The largest absolute Gasteiger partial charge is 0.303 e. The smallest absolute Gasteiger partial charge is 0.00502 e. The van der Waals surface area contributed by atoms with E-state index in [1.165, 1.54) is 50.9 Å². The Kier molecular flexibility index (Phi) is 4.41. The van der Waals surface area contributed by atoms with Crippen molar-refractivity contribution in [2.45, 2.75) is 38.5 Å². The maximum absolute atomic E-state index is 2.64. The first-order valence-electron chi connectivity index (χ1n) is 6.67. The van der Waals surface area contributed by atoms with Crippen LogP contribution in [0.3, 0.4) is 0 Å². The number of hydrogen-bond donors (Lipinski definition) is 0. The highest BCUT2D eigenvalue weighted by atomic mass is 15.1. The molecule has 0 aromatic heterocycles. The molecular formula is C15H23N. The molecule has 1 saturated heterocycles. The van der Waals surface area contributed by atoms with Gasteiger partial charge in [-0.05, 0) is 43.8 Å². The molecule has 1 aliphatic heterocycles. The molecule has 2 rings (SSSR count). The Morgan fingerprint density at radius 1 is 1.06 bits per heavy atom. The second-order valence-electron chi connectivity index (χ2n) is 4.88. The summed E-state index contributed by atoms with van der Waals surface area (Å²) in [5.74, 6) is 0.722. The molecule has 0 radical (unpaired) electrons. The normalized spacial score (nSPS) is 19.6. The average Bonchev–Trinajstić information content (AvgIpc) is 2.38. The average molecular weight is 217 g/mol. The van der Waals surface area contributed by atoms with Gasteiger partial charge in [-0.3, -0.25) is 0 Å². The maximum Gasteiger partial charge on any atom is 0.00502 e. The summed E-state index contributed by atoms with van der Waals surface area (Å²) in [5.41, 5.74) is 1.51. The summed E-state index contributed by atoms with van der Waals surface area (Å²) in [5, 5.41) is 0. The summed E-state index contributed by atoms with van der Waals surface area (Å²) < 4.78 is 0. The minimum Gasteiger partial charge on any atom is -0.303 e. The van der Waals surface area contributed by atoms with Crippen LogP contribution in [0.15, 0.2) is 30.3 Å². The first-order chi connectivity index (χ1) is 7.90. The van der Waals surface area contributed by atoms with E-state index < -0.39 is 0 Å². The topological polar surface area (TPSA) is 3.24 Å². The van der Waals surface area contributed by atoms with Crippen LogP contribution in [0.2, 0.25) is 0 Å². The SMILES string of the molecule is CC[C@@H](CN1CCCCC1)c1ccccc1. The molecule has 0 amide bonds. The van der Waals surface area contributed by atoms with Crippen LogP contribution >= 0.6 is 0 Å². The Labute approximate surface area is 99.5 Å². The van der Waals surface area contributed by atoms with Gasteiger partial charge in [0.05, 0.1) is 0 Å². The van der Waals surface area contributed by atoms with Gasteiger partial charge < -0.3 is 4.90 Å². The van der Waals surface area contributed by atoms with Crippen LogP contribution in [0.4, 0.5) is 0 Å². The van der Waals surface area contributed by atoms with E-state index in [-0.39, 0.29) is 0 Å². The number of likely N-dealkylation sites (tertiary alicyclic amines) is 1. The van der Waals surface area contributed by atoms with Gasteiger partial charge in [-0.25, -0.2) is 0 Å². The van der Waals surface area contributed by atoms with Crippen LogP contribution in [0.5, 0.6) is 0 Å². The molecule has 16 heavy (non-hydrogen) atoms. The third-order valence-corrected chi connectivity index (χ3v) is 3.69. The zero-order valence-corrected chi connectivity index (χ0v) is 10.4. The minimum atomic E-state index is 0.722. The van der Waals surface area contributed by atoms with Gasteiger partial charge >= 0.3 is 0 Å². The maximum atomic E-state index is 2.64. The summed E-state index contributed by atoms with van der Waals surface area (Å²) in [4.78, 5) is 2.64. The third kappa shape index (κ3) is 3.08. The van der Waals surface area contributed by atoms with Gasteiger partial charge in [0.25, 0.3) is 0 Å². The van der Waals surface area contributed by atoms with Crippen molar-refractivity contribution < 1.29 is 0 Å². The molecule has 88 valence electrons. The molecule has 0 bridgehead atoms. The molecule has 0 spiro atoms. The van der Waals surface area contributed by atoms with Crippen LogP contribution in [0.25, 0.3) is 0 Å². The predicted octanol–water partition coefficient (Wildman–Crippen LogP) is 3.67. The fourth-order valence-corrected chi connectivity index (χ4v) is 2.65. The summed E-state index contributed by atoms with van der Waals surface area (Å²) in [6, 6.07) is 11.0. The molecule has 0 saturated carbocycles. The van der Waals surface area contributed by atoms with E-state index in [4.69, 9.17) is 0 Å². The Morgan fingerprint density at radius 3 is 2.38 bits per heavy atom. The second kappa shape index (κ2) is 6.05. The van der Waals surface area contributed by atoms with Gasteiger partial charge in [0.2, 0.25) is 0 Å². The summed E-state index contributed by atoms with van der Waals surface area (Å²) in [6.07, 6.45) is 5.47. The van der Waals surface area contributed by atoms with Crippen molar-refractivity contribution >= 4 is 0 Å². The standard InChI is InChI=1S/C15H23N/c1-2-14(15-9-5-3-6-10-15)13-16-11-7-4-8-12-16/h3,5-6,9-10,14H,2,4,7-8,11-13H2,1H3/t14-/m0/s1. The van der Waals surface area contributed by atoms with Crippen molar-refractivity contribution in [1.29, 1.82) is 0 Å². The van der Waals surface area contributed by atoms with Crippen LogP contribution in [-0.4, -0.2) is 24.5 Å². The number of hydrogen-bond acceptors (Lipinski definition) is 1. The summed E-state index contributed by atoms with van der Waals surface area (Å²) >= 11 is 0. The molecule has 0 aliphatic carbocycles. The van der Waals surface area contributed by atoms with Gasteiger partial charge in [0.1, 0.15) is 0 Å². The van der Waals surface area contributed by atoms with Gasteiger partial charge in [-0.1, -0.05) is 43.7 Å². The molecular weight excluding hydrogens is 194 g/mol. The lowest BCUT2D eigenvalue weighted by Crippen LogP contribution is -2.33. The van der Waals surface area contributed by atoms with Gasteiger partial charge in [0.15, 0.2) is 0 Å². The number of piperidine rings is 1. The second-order valence-corrected chi connectivity index (χ2v) is 4.88. The first kappa shape index (κ1) is 11.7. The molecule has 1 nitrogen and oxygen atoms in total. The van der Waals surface area contributed by atoms with Crippen molar-refractivity contribution in [2.24, 2.45) is 0 Å². The monoisotopic (exact) mass is 217 g/mol. The lowest BCUT2D eigenvalue weighted by Gasteiger charge is -2.30. The number of benzene rings is 1. The van der Waals surface area contributed by atoms with Gasteiger partial charge in [0, 0.05) is 6.54 Å². The minimum absolute atomic E-state index is 0.722. The van der Waals surface area contributed by atoms with Crippen LogP contribution in [-0.2, 0) is 0 Å². The van der Waals surface area contributed by atoms with E-state index in [0.29, 0.717) is 0 Å². The van der Waals surface area contributed by atoms with Gasteiger partial charge in [-0.15, -0.1) is 0 Å². The first-order valence-corrected chi connectivity index (χ1v) is 6.67. The molecule has 0 unspecified atom stereocenters. The van der Waals surface area contributed by atoms with E-state index in [2.05, 4.69) is 42.2 Å². The number of rotatable bonds is 4. The van der Waals surface area contributed by atoms with Gasteiger partial charge in [-0.2, -0.15) is 0 Å². The fraction of sp³-hybridized carbons (Fsp3) is 0.600. The lowest BCUT2D eigenvalue weighted by molar-refractivity contribution is 0.214. The molecule has 1 aromatic carbocycles. The van der Waals surface area contributed by atoms with Crippen molar-refractivity contribution in [3.63, 3.8) is 0 Å². The van der Waals surface area contributed by atoms with Crippen LogP contribution in [0, 0.1) is 0 Å². The highest BCUT2D eigenvalue weighted by Gasteiger charge is 2.16. The van der Waals surface area contributed by atoms with E-state index in [0.717, 1.165) is 5.92 Å². The van der Waals surface area contributed by atoms with E-state index in [1.54, 1.807) is 0 Å². The predicted molar refractivity (Wildman–Crippen MR) is 69.8 cm³/mol. The molecule has 1 atom stereocenters. The highest BCUT2D eigenvalue weighted by Crippen LogP contribution is 2.22. The Balaban J connectivity index is 1.94. The summed E-state index contributed by atoms with van der Waals surface area (Å²) in [6.45, 7) is 6.18. The molecule has 1 heteroatoms. The zero-order valence-electron chi connectivity index (χ0n) is 10.4. The molecule has 1 fully saturated rings. The molecule has 1 aliphatic rings. The van der Waals surface area contributed by atoms with E-state index in [9.17, 15) is 0 Å². The van der Waals surface area contributed by atoms with Crippen molar-refractivity contribution in [2.75, 3.05) is 19.6 Å². The highest BCUT2D eigenvalue weighted by molar-refractivity contribution is 5.19. The van der Waals surface area contributed by atoms with Crippen molar-refractivity contribution in [3.8, 4) is 0 Å².